The van der Waals surface area contributed by atoms with E-state index in [1.807, 2.05) is 24.8 Å². The first-order valence-electron chi connectivity index (χ1n) is 11.2. The van der Waals surface area contributed by atoms with E-state index in [0.717, 1.165) is 6.67 Å². The van der Waals surface area contributed by atoms with Crippen molar-refractivity contribution in [2.45, 2.75) is 6.67 Å². The van der Waals surface area contributed by atoms with E-state index < -0.39 is 0 Å². The van der Waals surface area contributed by atoms with Crippen molar-refractivity contribution in [2.24, 2.45) is 0 Å². The van der Waals surface area contributed by atoms with Gasteiger partial charge in [-0.2, -0.15) is 0 Å². The van der Waals surface area contributed by atoms with Crippen LogP contribution in [0.5, 0.6) is 0 Å². The molecular formula is C29H18N4+2. The second-order valence-electron chi connectivity index (χ2n) is 8.98. The van der Waals surface area contributed by atoms with Crippen LogP contribution < -0.4 is 9.13 Å². The molecule has 0 bridgehead atoms. The summed E-state index contributed by atoms with van der Waals surface area (Å²) in [5.74, 6) is 0. The third-order valence-electron chi connectivity index (χ3n) is 6.98. The fourth-order valence-electron chi connectivity index (χ4n) is 5.60. The minimum Gasteiger partial charge on any atom is -0.263 e. The van der Waals surface area contributed by atoms with Crippen molar-refractivity contribution in [3.05, 3.63) is 98.1 Å². The van der Waals surface area contributed by atoms with E-state index in [2.05, 4.69) is 92.4 Å². The van der Waals surface area contributed by atoms with Crippen molar-refractivity contribution in [3.63, 3.8) is 0 Å². The van der Waals surface area contributed by atoms with Crippen LogP contribution in [-0.2, 0) is 6.67 Å². The molecule has 0 saturated carbocycles. The Morgan fingerprint density at radius 2 is 0.667 bits per heavy atom. The van der Waals surface area contributed by atoms with Gasteiger partial charge in [-0.1, -0.05) is 24.3 Å². The molecule has 0 aliphatic heterocycles. The SMILES string of the molecule is c1cc2c[n+](C[n+]3cc4ccc5cncc6ccc(c3)c4c56)cc3ccc4cncc1c4c23. The lowest BCUT2D eigenvalue weighted by Gasteiger charge is -2.10. The van der Waals surface area contributed by atoms with Crippen molar-refractivity contribution in [1.29, 1.82) is 0 Å². The Morgan fingerprint density at radius 3 is 1.00 bits per heavy atom. The molecule has 0 N–H and O–H groups in total. The van der Waals surface area contributed by atoms with E-state index in [0.29, 0.717) is 0 Å². The van der Waals surface area contributed by atoms with Gasteiger partial charge in [-0.15, -0.1) is 9.13 Å². The Kier molecular flexibility index (Phi) is 3.16. The predicted octanol–water partition coefficient (Wildman–Crippen LogP) is 5.35. The van der Waals surface area contributed by atoms with Gasteiger partial charge in [0.2, 0.25) is 0 Å². The summed E-state index contributed by atoms with van der Waals surface area (Å²) < 4.78 is 4.56. The van der Waals surface area contributed by atoms with E-state index in [-0.39, 0.29) is 0 Å². The number of aromatic nitrogens is 4. The highest BCUT2D eigenvalue weighted by Crippen LogP contribution is 2.34. The van der Waals surface area contributed by atoms with Crippen LogP contribution in [0.1, 0.15) is 0 Å². The number of benzene rings is 4. The summed E-state index contributed by atoms with van der Waals surface area (Å²) in [5, 5.41) is 15.0. The molecule has 152 valence electrons. The quantitative estimate of drug-likeness (QED) is 0.278. The van der Waals surface area contributed by atoms with Crippen molar-refractivity contribution >= 4 is 64.6 Å². The first kappa shape index (κ1) is 17.2. The molecule has 8 rings (SSSR count). The molecule has 4 aromatic heterocycles. The zero-order valence-electron chi connectivity index (χ0n) is 17.7. The van der Waals surface area contributed by atoms with Gasteiger partial charge in [0.1, 0.15) is 0 Å². The Hall–Kier alpha value is -4.44. The third kappa shape index (κ3) is 2.35. The monoisotopic (exact) mass is 422 g/mol. The molecule has 0 fully saturated rings. The standard InChI is InChI=1S/C29H18N4/c1-5-22-13-32(14-23-6-2-19-10-30-9-18(1)26(19)28(22)23)17-33-15-24-7-3-20-11-31-12-21-4-8-25(16-33)29(24)27(20)21/h1-16H,17H2/q+2. The molecule has 0 radical (unpaired) electrons. The Balaban J connectivity index is 1.32. The first-order valence-corrected chi connectivity index (χ1v) is 11.2. The minimum absolute atomic E-state index is 0.746. The smallest absolute Gasteiger partial charge is 0.263 e. The van der Waals surface area contributed by atoms with Crippen LogP contribution in [0.2, 0.25) is 0 Å². The molecule has 0 aliphatic rings. The lowest BCUT2D eigenvalue weighted by Crippen LogP contribution is -2.51. The summed E-state index contributed by atoms with van der Waals surface area (Å²) in [6, 6.07) is 17.6. The molecule has 4 heterocycles. The average Bonchev–Trinajstić information content (AvgIpc) is 2.85. The van der Waals surface area contributed by atoms with Gasteiger partial charge in [0.15, 0.2) is 24.8 Å². The van der Waals surface area contributed by atoms with E-state index >= 15 is 0 Å². The third-order valence-corrected chi connectivity index (χ3v) is 6.98. The van der Waals surface area contributed by atoms with Gasteiger partial charge in [-0.25, -0.2) is 0 Å². The zero-order chi connectivity index (χ0) is 21.5. The maximum atomic E-state index is 4.39. The van der Waals surface area contributed by atoms with Crippen molar-refractivity contribution in [3.8, 4) is 0 Å². The lowest BCUT2D eigenvalue weighted by molar-refractivity contribution is -0.911. The highest BCUT2D eigenvalue weighted by molar-refractivity contribution is 6.23. The number of pyridine rings is 4. The van der Waals surface area contributed by atoms with Crippen molar-refractivity contribution in [2.75, 3.05) is 0 Å². The molecule has 0 saturated heterocycles. The average molecular weight is 422 g/mol. The summed E-state index contributed by atoms with van der Waals surface area (Å²) >= 11 is 0. The van der Waals surface area contributed by atoms with Gasteiger partial charge < -0.3 is 0 Å². The molecule has 8 aromatic rings. The molecule has 0 unspecified atom stereocenters. The summed E-state index contributed by atoms with van der Waals surface area (Å²) in [7, 11) is 0. The van der Waals surface area contributed by atoms with Crippen molar-refractivity contribution < 1.29 is 9.13 Å². The minimum atomic E-state index is 0.746. The second kappa shape index (κ2) is 6.08. The number of rotatable bonds is 2. The highest BCUT2D eigenvalue weighted by Gasteiger charge is 2.18. The highest BCUT2D eigenvalue weighted by atomic mass is 15.1. The van der Waals surface area contributed by atoms with Crippen LogP contribution >= 0.6 is 0 Å². The van der Waals surface area contributed by atoms with E-state index in [1.54, 1.807) is 0 Å². The van der Waals surface area contributed by atoms with Gasteiger partial charge in [-0.05, 0) is 24.3 Å². The van der Waals surface area contributed by atoms with Crippen molar-refractivity contribution in [1.82, 2.24) is 9.97 Å². The molecule has 0 aliphatic carbocycles. The van der Waals surface area contributed by atoms with Crippen LogP contribution in [0.4, 0.5) is 0 Å². The maximum absolute atomic E-state index is 4.39. The molecule has 4 heteroatoms. The molecule has 0 spiro atoms. The van der Waals surface area contributed by atoms with Gasteiger partial charge in [0.25, 0.3) is 0 Å². The second-order valence-corrected chi connectivity index (χ2v) is 8.98. The first-order chi connectivity index (χ1) is 16.3. The lowest BCUT2D eigenvalue weighted by atomic mass is 9.97. The molecule has 4 nitrogen and oxygen atoms in total. The van der Waals surface area contributed by atoms with Gasteiger partial charge in [-0.3, -0.25) is 9.97 Å². The number of nitrogens with zero attached hydrogens (tertiary/aromatic N) is 4. The van der Waals surface area contributed by atoms with Gasteiger partial charge in [0, 0.05) is 89.4 Å². The normalized spacial score (nSPS) is 12.4. The number of hydrogen-bond acceptors (Lipinski definition) is 2. The fraction of sp³-hybridized carbons (Fsp3) is 0.0345. The van der Waals surface area contributed by atoms with Gasteiger partial charge >= 0.3 is 6.67 Å². The summed E-state index contributed by atoms with van der Waals surface area (Å²) in [6.45, 7) is 0.746. The molecule has 4 aromatic carbocycles. The summed E-state index contributed by atoms with van der Waals surface area (Å²) in [4.78, 5) is 8.78. The van der Waals surface area contributed by atoms with E-state index in [4.69, 9.17) is 0 Å². The van der Waals surface area contributed by atoms with E-state index in [9.17, 15) is 0 Å². The largest absolute Gasteiger partial charge is 0.343 e. The Bertz CT molecular complexity index is 1730. The summed E-state index contributed by atoms with van der Waals surface area (Å²) in [5.41, 5.74) is 0. The molecule has 33 heavy (non-hydrogen) atoms. The summed E-state index contributed by atoms with van der Waals surface area (Å²) in [6.07, 6.45) is 16.8. The van der Waals surface area contributed by atoms with Crippen LogP contribution in [-0.4, -0.2) is 9.97 Å². The van der Waals surface area contributed by atoms with Crippen LogP contribution in [0, 0.1) is 0 Å². The van der Waals surface area contributed by atoms with E-state index in [1.165, 1.54) is 64.6 Å². The molecular weight excluding hydrogens is 404 g/mol. The fourth-order valence-corrected chi connectivity index (χ4v) is 5.60. The maximum Gasteiger partial charge on any atom is 0.343 e. The molecule has 0 atom stereocenters. The topological polar surface area (TPSA) is 33.5 Å². The van der Waals surface area contributed by atoms with Crippen LogP contribution in [0.15, 0.2) is 98.1 Å². The molecule has 0 amide bonds. The number of hydrogen-bond donors (Lipinski definition) is 0. The zero-order valence-corrected chi connectivity index (χ0v) is 17.7. The van der Waals surface area contributed by atoms with Crippen LogP contribution in [0.25, 0.3) is 64.6 Å². The van der Waals surface area contributed by atoms with Crippen LogP contribution in [0.3, 0.4) is 0 Å². The Labute approximate surface area is 188 Å². The predicted molar refractivity (Wildman–Crippen MR) is 132 cm³/mol. The Morgan fingerprint density at radius 1 is 0.394 bits per heavy atom. The van der Waals surface area contributed by atoms with Gasteiger partial charge in [0.05, 0.1) is 0 Å².